The number of carbonyl (C=O) groups excluding carboxylic acids is 2. The minimum atomic E-state index is -4.39. The molecular formula is C71H133NO8P+. The van der Waals surface area contributed by atoms with Crippen molar-refractivity contribution < 1.29 is 42.1 Å². The second kappa shape index (κ2) is 62.2. The van der Waals surface area contributed by atoms with Gasteiger partial charge in [0.25, 0.3) is 0 Å². The fraction of sp³-hybridized carbons (Fsp3) is 0.831. The molecule has 0 bridgehead atoms. The first-order valence-corrected chi connectivity index (χ1v) is 36.0. The van der Waals surface area contributed by atoms with Crippen molar-refractivity contribution in [3.8, 4) is 0 Å². The van der Waals surface area contributed by atoms with E-state index in [0.717, 1.165) is 77.0 Å². The van der Waals surface area contributed by atoms with Crippen LogP contribution in [0, 0.1) is 0 Å². The summed E-state index contributed by atoms with van der Waals surface area (Å²) in [6.07, 6.45) is 81.9. The lowest BCUT2D eigenvalue weighted by Crippen LogP contribution is -2.37. The van der Waals surface area contributed by atoms with Gasteiger partial charge >= 0.3 is 19.8 Å². The third kappa shape index (κ3) is 66.7. The first-order valence-electron chi connectivity index (χ1n) is 34.5. The van der Waals surface area contributed by atoms with Crippen LogP contribution in [0.25, 0.3) is 0 Å². The molecule has 0 aromatic heterocycles. The highest BCUT2D eigenvalue weighted by Gasteiger charge is 2.27. The van der Waals surface area contributed by atoms with Gasteiger partial charge in [0.15, 0.2) is 6.10 Å². The van der Waals surface area contributed by atoms with Crippen molar-refractivity contribution in [3.63, 3.8) is 0 Å². The maximum absolute atomic E-state index is 12.9. The van der Waals surface area contributed by atoms with E-state index in [-0.39, 0.29) is 25.6 Å². The Morgan fingerprint density at radius 3 is 1.05 bits per heavy atom. The molecule has 0 aliphatic rings. The Kier molecular flexibility index (Phi) is 60.5. The number of unbranched alkanes of at least 4 members (excludes halogenated alkanes) is 40. The number of hydrogen-bond acceptors (Lipinski definition) is 7. The molecule has 81 heavy (non-hydrogen) atoms. The van der Waals surface area contributed by atoms with Crippen LogP contribution in [0.2, 0.25) is 0 Å². The summed E-state index contributed by atoms with van der Waals surface area (Å²) in [5.74, 6) is -0.791. The number of hydrogen-bond donors (Lipinski definition) is 1. The molecule has 0 saturated heterocycles. The molecule has 2 atom stereocenters. The zero-order valence-corrected chi connectivity index (χ0v) is 54.9. The molecule has 9 nitrogen and oxygen atoms in total. The number of nitrogens with zero attached hydrogens (tertiary/aromatic N) is 1. The van der Waals surface area contributed by atoms with Crippen LogP contribution >= 0.6 is 7.82 Å². The molecule has 0 amide bonds. The van der Waals surface area contributed by atoms with Gasteiger partial charge in [-0.3, -0.25) is 18.6 Å². The van der Waals surface area contributed by atoms with E-state index in [2.05, 4.69) is 74.6 Å². The number of phosphoric acid groups is 1. The number of esters is 2. The third-order valence-electron chi connectivity index (χ3n) is 15.3. The van der Waals surface area contributed by atoms with E-state index in [9.17, 15) is 19.0 Å². The number of allylic oxidation sites excluding steroid dienone is 10. The fourth-order valence-electron chi connectivity index (χ4n) is 10.0. The number of quaternary nitrogens is 1. The van der Waals surface area contributed by atoms with E-state index in [1.165, 1.54) is 218 Å². The monoisotopic (exact) mass is 1160 g/mol. The van der Waals surface area contributed by atoms with Gasteiger partial charge in [0.1, 0.15) is 19.8 Å². The molecule has 0 aromatic carbocycles. The summed E-state index contributed by atoms with van der Waals surface area (Å²) in [5, 5.41) is 0. The van der Waals surface area contributed by atoms with E-state index in [4.69, 9.17) is 18.5 Å². The molecule has 0 fully saturated rings. The van der Waals surface area contributed by atoms with Gasteiger partial charge in [0.2, 0.25) is 0 Å². The van der Waals surface area contributed by atoms with E-state index in [0.29, 0.717) is 23.9 Å². The normalized spacial score (nSPS) is 13.5. The van der Waals surface area contributed by atoms with Crippen LogP contribution in [0.4, 0.5) is 0 Å². The minimum Gasteiger partial charge on any atom is -0.462 e. The highest BCUT2D eigenvalue weighted by molar-refractivity contribution is 7.47. The molecular weight excluding hydrogens is 1030 g/mol. The van der Waals surface area contributed by atoms with Crippen molar-refractivity contribution >= 4 is 19.8 Å². The van der Waals surface area contributed by atoms with Crippen LogP contribution in [0.5, 0.6) is 0 Å². The Labute approximate surface area is 502 Å². The second-order valence-electron chi connectivity index (χ2n) is 24.5. The molecule has 10 heteroatoms. The summed E-state index contributed by atoms with van der Waals surface area (Å²) >= 11 is 0. The lowest BCUT2D eigenvalue weighted by atomic mass is 10.0. The Balaban J connectivity index is 4.02. The molecule has 1 N–H and O–H groups in total. The Bertz CT molecular complexity index is 1550. The summed E-state index contributed by atoms with van der Waals surface area (Å²) in [6, 6.07) is 0. The van der Waals surface area contributed by atoms with Gasteiger partial charge in [-0.05, 0) is 57.8 Å². The number of likely N-dealkylation sites (N-methyl/N-ethyl adjacent to an activating group) is 1. The molecule has 0 spiro atoms. The van der Waals surface area contributed by atoms with Gasteiger partial charge in [0, 0.05) is 12.8 Å². The van der Waals surface area contributed by atoms with Crippen LogP contribution < -0.4 is 0 Å². The molecule has 0 aliphatic carbocycles. The third-order valence-corrected chi connectivity index (χ3v) is 16.3. The predicted octanol–water partition coefficient (Wildman–Crippen LogP) is 22.2. The van der Waals surface area contributed by atoms with Crippen molar-refractivity contribution in [2.45, 2.75) is 335 Å². The average molecular weight is 1160 g/mol. The number of carbonyl (C=O) groups is 2. The van der Waals surface area contributed by atoms with Crippen LogP contribution in [0.1, 0.15) is 328 Å². The molecule has 0 aliphatic heterocycles. The molecule has 0 radical (unpaired) electrons. The molecule has 2 unspecified atom stereocenters. The molecule has 474 valence electrons. The van der Waals surface area contributed by atoms with Crippen molar-refractivity contribution in [1.82, 2.24) is 0 Å². The molecule has 0 rings (SSSR count). The summed E-state index contributed by atoms with van der Waals surface area (Å²) in [6.45, 7) is 4.36. The predicted molar refractivity (Wildman–Crippen MR) is 349 cm³/mol. The van der Waals surface area contributed by atoms with Gasteiger partial charge in [-0.1, -0.05) is 319 Å². The summed E-state index contributed by atoms with van der Waals surface area (Å²) in [5.41, 5.74) is 0. The fourth-order valence-corrected chi connectivity index (χ4v) is 10.8. The average Bonchev–Trinajstić information content (AvgIpc) is 3.43. The maximum atomic E-state index is 12.9. The van der Waals surface area contributed by atoms with Crippen LogP contribution in [-0.4, -0.2) is 74.9 Å². The van der Waals surface area contributed by atoms with E-state index in [1.807, 2.05) is 21.1 Å². The topological polar surface area (TPSA) is 108 Å². The molecule has 0 heterocycles. The highest BCUT2D eigenvalue weighted by atomic mass is 31.2. The first-order chi connectivity index (χ1) is 39.5. The Morgan fingerprint density at radius 1 is 0.395 bits per heavy atom. The van der Waals surface area contributed by atoms with Crippen LogP contribution in [0.3, 0.4) is 0 Å². The summed E-state index contributed by atoms with van der Waals surface area (Å²) in [7, 11) is 1.48. The minimum absolute atomic E-state index is 0.0300. The largest absolute Gasteiger partial charge is 0.472 e. The lowest BCUT2D eigenvalue weighted by Gasteiger charge is -2.24. The number of rotatable bonds is 64. The van der Waals surface area contributed by atoms with E-state index < -0.39 is 26.5 Å². The Morgan fingerprint density at radius 2 is 0.704 bits per heavy atom. The smallest absolute Gasteiger partial charge is 0.462 e. The SMILES string of the molecule is CC/C=C\C/C=C\C/C=C\C/C=C\C/C=C\CCCCCCCCCCCC(=O)OC(COC(=O)CCCCCCCCCCCCCCCCCCCCCCCCCCCCCCCCCC)COP(=O)(O)OCC[N+](C)(C)C. The zero-order chi connectivity index (χ0) is 59.1. The second-order valence-corrected chi connectivity index (χ2v) is 26.0. The van der Waals surface area contributed by atoms with Crippen molar-refractivity contribution in [3.05, 3.63) is 60.8 Å². The number of phosphoric ester groups is 1. The summed E-state index contributed by atoms with van der Waals surface area (Å²) < 4.78 is 34.7. The first kappa shape index (κ1) is 78.7. The molecule has 0 aromatic rings. The van der Waals surface area contributed by atoms with Crippen LogP contribution in [0.15, 0.2) is 60.8 Å². The van der Waals surface area contributed by atoms with Gasteiger partial charge in [-0.25, -0.2) is 4.57 Å². The van der Waals surface area contributed by atoms with Gasteiger partial charge < -0.3 is 18.9 Å². The zero-order valence-electron chi connectivity index (χ0n) is 54.0. The van der Waals surface area contributed by atoms with E-state index >= 15 is 0 Å². The summed E-state index contributed by atoms with van der Waals surface area (Å²) in [4.78, 5) is 35.8. The van der Waals surface area contributed by atoms with E-state index in [1.54, 1.807) is 0 Å². The highest BCUT2D eigenvalue weighted by Crippen LogP contribution is 2.43. The van der Waals surface area contributed by atoms with Crippen LogP contribution in [-0.2, 0) is 32.7 Å². The maximum Gasteiger partial charge on any atom is 0.472 e. The number of ether oxygens (including phenoxy) is 2. The van der Waals surface area contributed by atoms with Crippen molar-refractivity contribution in [1.29, 1.82) is 0 Å². The quantitative estimate of drug-likeness (QED) is 0.0211. The van der Waals surface area contributed by atoms with Gasteiger partial charge in [-0.15, -0.1) is 0 Å². The van der Waals surface area contributed by atoms with Crippen molar-refractivity contribution in [2.24, 2.45) is 0 Å². The van der Waals surface area contributed by atoms with Gasteiger partial charge in [-0.2, -0.15) is 0 Å². The lowest BCUT2D eigenvalue weighted by molar-refractivity contribution is -0.870. The van der Waals surface area contributed by atoms with Crippen molar-refractivity contribution in [2.75, 3.05) is 47.5 Å². The Hall–Kier alpha value is -2.29. The molecule has 0 saturated carbocycles. The van der Waals surface area contributed by atoms with Gasteiger partial charge in [0.05, 0.1) is 27.7 Å². The standard InChI is InChI=1S/C71H132NO8P/c1-6-8-10-12-14-16-18-20-22-24-26-28-30-32-33-34-35-36-37-38-40-41-43-45-47-49-51-53-55-57-59-61-63-70(73)77-67-69(68-79-81(75,76)78-66-65-72(3,4)5)80-71(74)64-62-60-58-56-54-52-50-48-46-44-42-39-31-29-27-25-23-21-19-17-15-13-11-9-7-2/h9,11,15,17,21,23,27,29,39,42,69H,6-8,10,12-14,16,18-20,22,24-26,28,30-38,40-41,43-68H2,1-5H3/p+1/b11-9-,17-15-,23-21-,29-27-,42-39-.